The van der Waals surface area contributed by atoms with Gasteiger partial charge in [-0.15, -0.1) is 0 Å². The molecule has 0 bridgehead atoms. The molecule has 0 saturated heterocycles. The van der Waals surface area contributed by atoms with E-state index in [0.29, 0.717) is 17.3 Å². The van der Waals surface area contributed by atoms with Crippen LogP contribution in [0, 0.1) is 0 Å². The van der Waals surface area contributed by atoms with Gasteiger partial charge in [0.05, 0.1) is 19.2 Å². The third-order valence-corrected chi connectivity index (χ3v) is 5.73. The van der Waals surface area contributed by atoms with Crippen molar-refractivity contribution in [2.75, 3.05) is 0 Å². The van der Waals surface area contributed by atoms with Crippen molar-refractivity contribution < 1.29 is 14.0 Å². The second-order valence-corrected chi connectivity index (χ2v) is 8.36. The molecule has 0 radical (unpaired) electrons. The smallest absolute Gasteiger partial charge is 0.247 e. The zero-order valence-corrected chi connectivity index (χ0v) is 19.3. The molecule has 4 rings (SSSR count). The minimum absolute atomic E-state index is 0.152. The lowest BCUT2D eigenvalue weighted by Gasteiger charge is -2.31. The number of carbonyl (C=O) groups is 2. The predicted octanol–water partition coefficient (Wildman–Crippen LogP) is 5.56. The van der Waals surface area contributed by atoms with Crippen LogP contribution < -0.4 is 5.32 Å². The molecule has 34 heavy (non-hydrogen) atoms. The van der Waals surface area contributed by atoms with Crippen molar-refractivity contribution in [1.82, 2.24) is 10.2 Å². The standard InChI is InChI=1S/C28H25ClN2O3/c29-24-15-13-21(14-16-24)18-26(32)31(20-22-8-3-1-4-9-22)27(23-10-5-2-6-11-23)28(33)30-19-25-12-7-17-34-25/h1-17,27H,18-20H2,(H,30,33). The Bertz CT molecular complexity index is 1190. The van der Waals surface area contributed by atoms with Gasteiger partial charge in [0.25, 0.3) is 0 Å². The SMILES string of the molecule is O=C(NCc1ccco1)C(c1ccccc1)N(Cc1ccccc1)C(=O)Cc1ccc(Cl)cc1. The number of benzene rings is 3. The first kappa shape index (κ1) is 23.3. The molecule has 3 aromatic carbocycles. The molecule has 1 N–H and O–H groups in total. The molecule has 172 valence electrons. The summed E-state index contributed by atoms with van der Waals surface area (Å²) >= 11 is 6.01. The highest BCUT2D eigenvalue weighted by Gasteiger charge is 2.31. The molecule has 4 aromatic rings. The van der Waals surface area contributed by atoms with Crippen LogP contribution in [0.3, 0.4) is 0 Å². The minimum atomic E-state index is -0.809. The Morgan fingerprint density at radius 1 is 0.824 bits per heavy atom. The van der Waals surface area contributed by atoms with Crippen molar-refractivity contribution >= 4 is 23.4 Å². The summed E-state index contributed by atoms with van der Waals surface area (Å²) < 4.78 is 5.36. The van der Waals surface area contributed by atoms with Crippen LogP contribution >= 0.6 is 11.6 Å². The van der Waals surface area contributed by atoms with E-state index in [1.165, 1.54) is 0 Å². The summed E-state index contributed by atoms with van der Waals surface area (Å²) in [5, 5.41) is 3.54. The fraction of sp³-hybridized carbons (Fsp3) is 0.143. The van der Waals surface area contributed by atoms with Crippen LogP contribution in [0.15, 0.2) is 108 Å². The van der Waals surface area contributed by atoms with Gasteiger partial charge in [-0.05, 0) is 41.0 Å². The number of nitrogens with zero attached hydrogens (tertiary/aromatic N) is 1. The van der Waals surface area contributed by atoms with E-state index in [-0.39, 0.29) is 24.8 Å². The van der Waals surface area contributed by atoms with Gasteiger partial charge in [0.1, 0.15) is 11.8 Å². The number of halogens is 1. The second kappa shape index (κ2) is 11.3. The lowest BCUT2D eigenvalue weighted by atomic mass is 10.0. The maximum atomic E-state index is 13.6. The van der Waals surface area contributed by atoms with Gasteiger partial charge in [-0.2, -0.15) is 0 Å². The summed E-state index contributed by atoms with van der Waals surface area (Å²) in [7, 11) is 0. The van der Waals surface area contributed by atoms with Gasteiger partial charge in [-0.1, -0.05) is 84.4 Å². The average Bonchev–Trinajstić information content (AvgIpc) is 3.39. The lowest BCUT2D eigenvalue weighted by molar-refractivity contribution is -0.141. The third kappa shape index (κ3) is 6.15. The average molecular weight is 473 g/mol. The van der Waals surface area contributed by atoms with Gasteiger partial charge in [-0.25, -0.2) is 0 Å². The molecule has 6 heteroatoms. The fourth-order valence-corrected chi connectivity index (χ4v) is 3.90. The Labute approximate surface area is 204 Å². The van der Waals surface area contributed by atoms with Crippen molar-refractivity contribution in [3.63, 3.8) is 0 Å². The fourth-order valence-electron chi connectivity index (χ4n) is 3.77. The van der Waals surface area contributed by atoms with Crippen molar-refractivity contribution in [2.45, 2.75) is 25.6 Å². The number of amides is 2. The van der Waals surface area contributed by atoms with E-state index in [1.54, 1.807) is 35.4 Å². The van der Waals surface area contributed by atoms with Crippen molar-refractivity contribution in [3.05, 3.63) is 131 Å². The molecule has 0 spiro atoms. The van der Waals surface area contributed by atoms with Crippen LogP contribution in [-0.2, 0) is 29.1 Å². The molecule has 0 aliphatic rings. The number of rotatable bonds is 9. The zero-order chi connectivity index (χ0) is 23.8. The Kier molecular flexibility index (Phi) is 7.79. The van der Waals surface area contributed by atoms with Crippen LogP contribution in [0.25, 0.3) is 0 Å². The summed E-state index contributed by atoms with van der Waals surface area (Å²) in [6.07, 6.45) is 1.71. The highest BCUT2D eigenvalue weighted by molar-refractivity contribution is 6.30. The lowest BCUT2D eigenvalue weighted by Crippen LogP contribution is -2.43. The predicted molar refractivity (Wildman–Crippen MR) is 132 cm³/mol. The summed E-state index contributed by atoms with van der Waals surface area (Å²) in [5.41, 5.74) is 2.50. The molecular weight excluding hydrogens is 448 g/mol. The Morgan fingerprint density at radius 2 is 1.50 bits per heavy atom. The molecule has 0 fully saturated rings. The number of furan rings is 1. The van der Waals surface area contributed by atoms with Crippen molar-refractivity contribution in [3.8, 4) is 0 Å². The largest absolute Gasteiger partial charge is 0.467 e. The summed E-state index contributed by atoms with van der Waals surface area (Å²) in [4.78, 5) is 28.8. The van der Waals surface area contributed by atoms with Crippen LogP contribution in [0.1, 0.15) is 28.5 Å². The van der Waals surface area contributed by atoms with Gasteiger partial charge in [0, 0.05) is 11.6 Å². The number of hydrogen-bond acceptors (Lipinski definition) is 3. The molecule has 1 heterocycles. The number of carbonyl (C=O) groups excluding carboxylic acids is 2. The van der Waals surface area contributed by atoms with Gasteiger partial charge in [0.15, 0.2) is 0 Å². The van der Waals surface area contributed by atoms with E-state index in [9.17, 15) is 9.59 Å². The Balaban J connectivity index is 1.66. The van der Waals surface area contributed by atoms with E-state index in [0.717, 1.165) is 16.7 Å². The first-order valence-corrected chi connectivity index (χ1v) is 11.4. The van der Waals surface area contributed by atoms with E-state index in [4.69, 9.17) is 16.0 Å². The normalized spacial score (nSPS) is 11.6. The topological polar surface area (TPSA) is 62.6 Å². The van der Waals surface area contributed by atoms with Gasteiger partial charge in [0.2, 0.25) is 11.8 Å². The molecular formula is C28H25ClN2O3. The van der Waals surface area contributed by atoms with E-state index < -0.39 is 6.04 Å². The van der Waals surface area contributed by atoms with Gasteiger partial charge < -0.3 is 14.6 Å². The monoisotopic (exact) mass is 472 g/mol. The first-order valence-electron chi connectivity index (χ1n) is 11.0. The Morgan fingerprint density at radius 3 is 2.15 bits per heavy atom. The van der Waals surface area contributed by atoms with Crippen LogP contribution in [0.5, 0.6) is 0 Å². The van der Waals surface area contributed by atoms with Crippen LogP contribution in [0.4, 0.5) is 0 Å². The quantitative estimate of drug-likeness (QED) is 0.347. The molecule has 1 unspecified atom stereocenters. The molecule has 1 atom stereocenters. The number of nitrogens with one attached hydrogen (secondary N) is 1. The zero-order valence-electron chi connectivity index (χ0n) is 18.6. The Hall–Kier alpha value is -3.83. The third-order valence-electron chi connectivity index (χ3n) is 5.48. The highest BCUT2D eigenvalue weighted by atomic mass is 35.5. The first-order chi connectivity index (χ1) is 16.6. The second-order valence-electron chi connectivity index (χ2n) is 7.92. The maximum Gasteiger partial charge on any atom is 0.247 e. The maximum absolute atomic E-state index is 13.6. The van der Waals surface area contributed by atoms with Crippen molar-refractivity contribution in [1.29, 1.82) is 0 Å². The van der Waals surface area contributed by atoms with Gasteiger partial charge in [-0.3, -0.25) is 9.59 Å². The molecule has 1 aromatic heterocycles. The highest BCUT2D eigenvalue weighted by Crippen LogP contribution is 2.25. The molecule has 0 saturated carbocycles. The molecule has 2 amide bonds. The summed E-state index contributed by atoms with van der Waals surface area (Å²) in [6, 6.07) is 29.0. The van der Waals surface area contributed by atoms with E-state index >= 15 is 0 Å². The summed E-state index contributed by atoms with van der Waals surface area (Å²) in [5.74, 6) is 0.207. The van der Waals surface area contributed by atoms with Crippen molar-refractivity contribution in [2.24, 2.45) is 0 Å². The van der Waals surface area contributed by atoms with Crippen LogP contribution in [0.2, 0.25) is 5.02 Å². The molecule has 0 aliphatic heterocycles. The van der Waals surface area contributed by atoms with Gasteiger partial charge >= 0.3 is 0 Å². The van der Waals surface area contributed by atoms with Crippen LogP contribution in [-0.4, -0.2) is 16.7 Å². The minimum Gasteiger partial charge on any atom is -0.467 e. The molecule has 5 nitrogen and oxygen atoms in total. The summed E-state index contributed by atoms with van der Waals surface area (Å²) in [6.45, 7) is 0.528. The van der Waals surface area contributed by atoms with E-state index in [1.807, 2.05) is 72.8 Å². The van der Waals surface area contributed by atoms with E-state index in [2.05, 4.69) is 5.32 Å². The molecule has 0 aliphatic carbocycles. The number of hydrogen-bond donors (Lipinski definition) is 1.